The van der Waals surface area contributed by atoms with Crippen molar-refractivity contribution in [2.24, 2.45) is 0 Å². The van der Waals surface area contributed by atoms with Gasteiger partial charge in [0.2, 0.25) is 0 Å². The molecule has 0 fully saturated rings. The molecule has 0 saturated carbocycles. The Hall–Kier alpha value is -1.68. The topological polar surface area (TPSA) is 33.6 Å². The minimum absolute atomic E-state index is 0.227. The van der Waals surface area contributed by atoms with Gasteiger partial charge in [0.05, 0.1) is 0 Å². The fourth-order valence-corrected chi connectivity index (χ4v) is 4.92. The molecule has 19 heavy (non-hydrogen) atoms. The quantitative estimate of drug-likeness (QED) is 0.429. The standard InChI is InChI=1S/C14H9N3SSe/c18-14-11-3-1-2-4-13(11)19-17(14)10-5-6-12-9(7-10)8-15-16-12/h1-8H,(H,15,16). The molecule has 0 aliphatic carbocycles. The van der Waals surface area contributed by atoms with Gasteiger partial charge in [0, 0.05) is 0 Å². The van der Waals surface area contributed by atoms with Crippen molar-refractivity contribution in [2.45, 2.75) is 0 Å². The van der Waals surface area contributed by atoms with Gasteiger partial charge in [-0.15, -0.1) is 0 Å². The monoisotopic (exact) mass is 331 g/mol. The van der Waals surface area contributed by atoms with Gasteiger partial charge in [0.25, 0.3) is 0 Å². The number of fused-ring (bicyclic) bond motifs is 2. The van der Waals surface area contributed by atoms with E-state index in [0.717, 1.165) is 21.2 Å². The second kappa shape index (κ2) is 4.17. The second-order valence-electron chi connectivity index (χ2n) is 4.33. The Labute approximate surface area is 120 Å². The average Bonchev–Trinajstić information content (AvgIpc) is 3.03. The number of hydrogen-bond donors (Lipinski definition) is 1. The molecule has 2 heterocycles. The van der Waals surface area contributed by atoms with Gasteiger partial charge in [0.15, 0.2) is 0 Å². The summed E-state index contributed by atoms with van der Waals surface area (Å²) >= 11 is 5.82. The molecule has 0 aliphatic rings. The Morgan fingerprint density at radius 1 is 1.16 bits per heavy atom. The maximum atomic E-state index is 5.60. The minimum atomic E-state index is 0.227. The van der Waals surface area contributed by atoms with Crippen LogP contribution in [0.3, 0.4) is 0 Å². The number of benzene rings is 2. The van der Waals surface area contributed by atoms with E-state index in [1.807, 2.05) is 12.3 Å². The van der Waals surface area contributed by atoms with Crippen molar-refractivity contribution in [1.82, 2.24) is 13.8 Å². The summed E-state index contributed by atoms with van der Waals surface area (Å²) in [6, 6.07) is 14.7. The normalized spacial score (nSPS) is 11.4. The first kappa shape index (κ1) is 11.2. The van der Waals surface area contributed by atoms with E-state index in [0.29, 0.717) is 0 Å². The molecule has 2 aromatic carbocycles. The van der Waals surface area contributed by atoms with Crippen molar-refractivity contribution >= 4 is 47.5 Å². The summed E-state index contributed by atoms with van der Waals surface area (Å²) in [4.78, 5) is 0. The van der Waals surface area contributed by atoms with E-state index in [-0.39, 0.29) is 14.7 Å². The van der Waals surface area contributed by atoms with E-state index in [4.69, 9.17) is 12.2 Å². The summed E-state index contributed by atoms with van der Waals surface area (Å²) in [7, 11) is 0. The van der Waals surface area contributed by atoms with Gasteiger partial charge in [-0.05, 0) is 0 Å². The Kier molecular flexibility index (Phi) is 2.45. The molecule has 2 aromatic heterocycles. The van der Waals surface area contributed by atoms with Gasteiger partial charge in [0.1, 0.15) is 0 Å². The van der Waals surface area contributed by atoms with Crippen LogP contribution in [0.25, 0.3) is 26.2 Å². The number of H-pyrrole nitrogens is 1. The molecule has 0 amide bonds. The zero-order valence-corrected chi connectivity index (χ0v) is 12.4. The van der Waals surface area contributed by atoms with E-state index in [2.05, 4.69) is 50.2 Å². The molecule has 3 nitrogen and oxygen atoms in total. The third-order valence-corrected chi connectivity index (χ3v) is 6.18. The molecule has 0 bridgehead atoms. The summed E-state index contributed by atoms with van der Waals surface area (Å²) in [5, 5.41) is 9.34. The number of aromatic amines is 1. The van der Waals surface area contributed by atoms with Crippen molar-refractivity contribution < 1.29 is 0 Å². The van der Waals surface area contributed by atoms with Crippen LogP contribution in [0.15, 0.2) is 48.7 Å². The van der Waals surface area contributed by atoms with Crippen LogP contribution in [0.4, 0.5) is 0 Å². The van der Waals surface area contributed by atoms with Gasteiger partial charge < -0.3 is 0 Å². The molecule has 1 N–H and O–H groups in total. The van der Waals surface area contributed by atoms with Gasteiger partial charge in [-0.3, -0.25) is 0 Å². The van der Waals surface area contributed by atoms with Crippen LogP contribution < -0.4 is 0 Å². The van der Waals surface area contributed by atoms with Gasteiger partial charge in [-0.1, -0.05) is 0 Å². The first-order chi connectivity index (χ1) is 9.33. The molecule has 92 valence electrons. The summed E-state index contributed by atoms with van der Waals surface area (Å²) < 4.78 is 4.52. The van der Waals surface area contributed by atoms with Gasteiger partial charge in [-0.25, -0.2) is 0 Å². The van der Waals surface area contributed by atoms with E-state index in [1.54, 1.807) is 0 Å². The fraction of sp³-hybridized carbons (Fsp3) is 0. The first-order valence-electron chi connectivity index (χ1n) is 5.87. The summed E-state index contributed by atoms with van der Waals surface area (Å²) in [6.07, 6.45) is 1.85. The van der Waals surface area contributed by atoms with Crippen molar-refractivity contribution in [2.75, 3.05) is 0 Å². The molecule has 5 heteroatoms. The molecule has 0 spiro atoms. The molecule has 0 atom stereocenters. The number of hydrogen-bond acceptors (Lipinski definition) is 2. The van der Waals surface area contributed by atoms with Crippen LogP contribution in [-0.2, 0) is 0 Å². The zero-order chi connectivity index (χ0) is 12.8. The van der Waals surface area contributed by atoms with Crippen LogP contribution in [0, 0.1) is 4.64 Å². The van der Waals surface area contributed by atoms with Crippen molar-refractivity contribution in [3.05, 3.63) is 53.3 Å². The molecule has 4 rings (SSSR count). The predicted octanol–water partition coefficient (Wildman–Crippen LogP) is 3.29. The van der Waals surface area contributed by atoms with Crippen molar-refractivity contribution in [1.29, 1.82) is 0 Å². The molecule has 0 saturated heterocycles. The summed E-state index contributed by atoms with van der Waals surface area (Å²) in [5.74, 6) is 0. The van der Waals surface area contributed by atoms with E-state index >= 15 is 0 Å². The van der Waals surface area contributed by atoms with E-state index < -0.39 is 0 Å². The number of rotatable bonds is 1. The van der Waals surface area contributed by atoms with Crippen molar-refractivity contribution in [3.63, 3.8) is 0 Å². The van der Waals surface area contributed by atoms with Crippen LogP contribution >= 0.6 is 12.2 Å². The average molecular weight is 330 g/mol. The Balaban J connectivity index is 2.03. The Morgan fingerprint density at radius 2 is 2.05 bits per heavy atom. The van der Waals surface area contributed by atoms with Crippen LogP contribution in [0.2, 0.25) is 0 Å². The maximum absolute atomic E-state index is 5.60. The van der Waals surface area contributed by atoms with Gasteiger partial charge in [-0.2, -0.15) is 0 Å². The number of nitrogens with one attached hydrogen (secondary N) is 1. The van der Waals surface area contributed by atoms with Gasteiger partial charge >= 0.3 is 120 Å². The second-order valence-corrected chi connectivity index (χ2v) is 6.79. The molecule has 0 aliphatic heterocycles. The van der Waals surface area contributed by atoms with E-state index in [9.17, 15) is 0 Å². The third kappa shape index (κ3) is 1.70. The first-order valence-corrected chi connectivity index (χ1v) is 7.90. The third-order valence-electron chi connectivity index (χ3n) is 3.15. The predicted molar refractivity (Wildman–Crippen MR) is 80.7 cm³/mol. The number of aromatic nitrogens is 3. The van der Waals surface area contributed by atoms with Crippen LogP contribution in [-0.4, -0.2) is 28.5 Å². The molecule has 0 unspecified atom stereocenters. The fourth-order valence-electron chi connectivity index (χ4n) is 2.20. The number of nitrogens with zero attached hydrogens (tertiary/aromatic N) is 2. The SMILES string of the molecule is S=c1c2ccccc2[se]n1-c1ccc2[nH]ncc2c1. The van der Waals surface area contributed by atoms with E-state index in [1.165, 1.54) is 9.65 Å². The Bertz CT molecular complexity index is 948. The molecular formula is C14H9N3SSe. The summed E-state index contributed by atoms with van der Waals surface area (Å²) in [5.41, 5.74) is 2.20. The van der Waals surface area contributed by atoms with Crippen LogP contribution in [0.5, 0.6) is 0 Å². The Morgan fingerprint density at radius 3 is 2.95 bits per heavy atom. The molecular weight excluding hydrogens is 321 g/mol. The molecule has 4 aromatic rings. The van der Waals surface area contributed by atoms with Crippen molar-refractivity contribution in [3.8, 4) is 5.69 Å². The zero-order valence-electron chi connectivity index (χ0n) is 9.83. The summed E-state index contributed by atoms with van der Waals surface area (Å²) in [6.45, 7) is 0. The molecule has 0 radical (unpaired) electrons. The van der Waals surface area contributed by atoms with Crippen LogP contribution in [0.1, 0.15) is 0 Å².